The maximum Gasteiger partial charge on any atom is 0.274 e. The molecule has 1 aliphatic rings. The predicted molar refractivity (Wildman–Crippen MR) is 127 cm³/mol. The molecular weight excluding hydrogens is 434 g/mol. The molecule has 0 saturated heterocycles. The van der Waals surface area contributed by atoms with Crippen molar-refractivity contribution in [2.45, 2.75) is 19.8 Å². The van der Waals surface area contributed by atoms with Crippen molar-refractivity contribution in [3.05, 3.63) is 77.9 Å². The van der Waals surface area contributed by atoms with Crippen LogP contribution in [0.4, 0.5) is 5.69 Å². The highest BCUT2D eigenvalue weighted by Gasteiger charge is 2.22. The summed E-state index contributed by atoms with van der Waals surface area (Å²) in [6.07, 6.45) is 4.33. The monoisotopic (exact) mass is 459 g/mol. The minimum absolute atomic E-state index is 0.239. The molecule has 2 heterocycles. The first-order valence-corrected chi connectivity index (χ1v) is 11.0. The van der Waals surface area contributed by atoms with Crippen LogP contribution >= 0.6 is 0 Å². The second-order valence-corrected chi connectivity index (χ2v) is 7.51. The molecule has 2 aromatic carbocycles. The molecule has 0 atom stereocenters. The summed E-state index contributed by atoms with van der Waals surface area (Å²) in [5.74, 6) is 0.667. The van der Waals surface area contributed by atoms with E-state index in [2.05, 4.69) is 20.4 Å². The summed E-state index contributed by atoms with van der Waals surface area (Å²) < 4.78 is 11.0. The van der Waals surface area contributed by atoms with Crippen molar-refractivity contribution in [2.75, 3.05) is 25.6 Å². The molecule has 34 heavy (non-hydrogen) atoms. The van der Waals surface area contributed by atoms with E-state index in [-0.39, 0.29) is 17.5 Å². The van der Waals surface area contributed by atoms with Gasteiger partial charge in [0.2, 0.25) is 0 Å². The zero-order valence-corrected chi connectivity index (χ0v) is 19.0. The van der Waals surface area contributed by atoms with Crippen LogP contribution in [0, 0.1) is 0 Å². The molecule has 0 unspecified atom stereocenters. The van der Waals surface area contributed by atoms with E-state index in [0.29, 0.717) is 35.9 Å². The molecule has 0 spiro atoms. The van der Waals surface area contributed by atoms with Crippen LogP contribution in [0.2, 0.25) is 0 Å². The second-order valence-electron chi connectivity index (χ2n) is 7.51. The van der Waals surface area contributed by atoms with Gasteiger partial charge in [0, 0.05) is 29.6 Å². The van der Waals surface area contributed by atoms with Gasteiger partial charge in [-0.2, -0.15) is 5.10 Å². The van der Waals surface area contributed by atoms with Gasteiger partial charge in [0.1, 0.15) is 12.0 Å². The number of rotatable bonds is 7. The Hall–Kier alpha value is -4.27. The summed E-state index contributed by atoms with van der Waals surface area (Å²) in [7, 11) is 1.60. The van der Waals surface area contributed by atoms with E-state index < -0.39 is 0 Å². The number of methoxy groups -OCH3 is 1. The third kappa shape index (κ3) is 5.20. The lowest BCUT2D eigenvalue weighted by molar-refractivity contribution is 0.0751. The van der Waals surface area contributed by atoms with Crippen LogP contribution < -0.4 is 14.8 Å². The lowest BCUT2D eigenvalue weighted by Crippen LogP contribution is -2.32. The summed E-state index contributed by atoms with van der Waals surface area (Å²) in [6, 6.07) is 13.9. The molecule has 0 bridgehead atoms. The van der Waals surface area contributed by atoms with Gasteiger partial charge in [-0.05, 0) is 62.2 Å². The normalized spacial score (nSPS) is 13.1. The first kappa shape index (κ1) is 22.9. The molecule has 0 radical (unpaired) electrons. The van der Waals surface area contributed by atoms with Gasteiger partial charge in [-0.15, -0.1) is 0 Å². The third-order valence-corrected chi connectivity index (χ3v) is 5.24. The Morgan fingerprint density at radius 2 is 2.00 bits per heavy atom. The quantitative estimate of drug-likeness (QED) is 0.576. The zero-order valence-electron chi connectivity index (χ0n) is 19.0. The Morgan fingerprint density at radius 1 is 1.12 bits per heavy atom. The molecule has 4 rings (SSSR count). The van der Waals surface area contributed by atoms with Crippen molar-refractivity contribution in [1.82, 2.24) is 15.0 Å². The molecule has 1 aliphatic heterocycles. The molecule has 9 heteroatoms. The van der Waals surface area contributed by atoms with Crippen LogP contribution in [-0.2, 0) is 0 Å². The standard InChI is InChI=1S/C25H25N5O4/c1-3-34-23-15-17(9-10-22(23)33-2)20-8-5-13-30(29-20)25(32)18-6-4-7-19(14-18)28-24(31)21-11-12-26-16-27-21/h4,6-7,9-12,14-16H,3,5,8,13H2,1-2H3,(H,28,31). The first-order valence-electron chi connectivity index (χ1n) is 11.0. The van der Waals surface area contributed by atoms with Gasteiger partial charge >= 0.3 is 0 Å². The van der Waals surface area contributed by atoms with E-state index in [1.807, 2.05) is 25.1 Å². The van der Waals surface area contributed by atoms with Crippen molar-refractivity contribution in [1.29, 1.82) is 0 Å². The summed E-state index contributed by atoms with van der Waals surface area (Å²) >= 11 is 0. The summed E-state index contributed by atoms with van der Waals surface area (Å²) in [5, 5.41) is 8.85. The van der Waals surface area contributed by atoms with Gasteiger partial charge in [-0.1, -0.05) is 6.07 Å². The Kier molecular flexibility index (Phi) is 7.12. The van der Waals surface area contributed by atoms with Gasteiger partial charge in [-0.25, -0.2) is 15.0 Å². The SMILES string of the molecule is CCOc1cc(C2=NN(C(=O)c3cccc(NC(=O)c4ccncn4)c3)CCC2)ccc1OC. The van der Waals surface area contributed by atoms with Gasteiger partial charge < -0.3 is 14.8 Å². The highest BCUT2D eigenvalue weighted by Crippen LogP contribution is 2.29. The number of anilines is 1. The number of ether oxygens (including phenoxy) is 2. The number of hydrogen-bond acceptors (Lipinski definition) is 7. The largest absolute Gasteiger partial charge is 0.493 e. The van der Waals surface area contributed by atoms with Gasteiger partial charge in [0.15, 0.2) is 11.5 Å². The maximum atomic E-state index is 13.2. The fourth-order valence-electron chi connectivity index (χ4n) is 3.61. The van der Waals surface area contributed by atoms with Crippen molar-refractivity contribution in [3.8, 4) is 11.5 Å². The van der Waals surface area contributed by atoms with E-state index in [4.69, 9.17) is 9.47 Å². The summed E-state index contributed by atoms with van der Waals surface area (Å²) in [5.41, 5.74) is 2.84. The molecule has 174 valence electrons. The highest BCUT2D eigenvalue weighted by atomic mass is 16.5. The topological polar surface area (TPSA) is 106 Å². The van der Waals surface area contributed by atoms with E-state index in [0.717, 1.165) is 24.1 Å². The van der Waals surface area contributed by atoms with Crippen LogP contribution in [0.15, 0.2) is 66.2 Å². The smallest absolute Gasteiger partial charge is 0.274 e. The van der Waals surface area contributed by atoms with Crippen LogP contribution in [0.25, 0.3) is 0 Å². The minimum Gasteiger partial charge on any atom is -0.493 e. The van der Waals surface area contributed by atoms with Crippen molar-refractivity contribution < 1.29 is 19.1 Å². The number of hydrogen-bond donors (Lipinski definition) is 1. The Bertz CT molecular complexity index is 1210. The molecule has 2 amide bonds. The van der Waals surface area contributed by atoms with E-state index >= 15 is 0 Å². The number of nitrogens with zero attached hydrogens (tertiary/aromatic N) is 4. The molecule has 0 saturated carbocycles. The molecule has 0 aliphatic carbocycles. The highest BCUT2D eigenvalue weighted by molar-refractivity contribution is 6.05. The van der Waals surface area contributed by atoms with Crippen LogP contribution in [0.5, 0.6) is 11.5 Å². The van der Waals surface area contributed by atoms with Crippen LogP contribution in [0.1, 0.15) is 46.2 Å². The predicted octanol–water partition coefficient (Wildman–Crippen LogP) is 3.78. The van der Waals surface area contributed by atoms with Gasteiger partial charge in [0.05, 0.1) is 19.4 Å². The second kappa shape index (κ2) is 10.6. The summed E-state index contributed by atoms with van der Waals surface area (Å²) in [6.45, 7) is 2.93. The number of nitrogens with one attached hydrogen (secondary N) is 1. The molecule has 0 fully saturated rings. The molecule has 1 N–H and O–H groups in total. The number of aromatic nitrogens is 2. The summed E-state index contributed by atoms with van der Waals surface area (Å²) in [4.78, 5) is 33.3. The Balaban J connectivity index is 1.53. The number of carbonyl (C=O) groups excluding carboxylic acids is 2. The number of benzene rings is 2. The Labute approximate surface area is 197 Å². The van der Waals surface area contributed by atoms with Crippen molar-refractivity contribution in [3.63, 3.8) is 0 Å². The van der Waals surface area contributed by atoms with Gasteiger partial charge in [-0.3, -0.25) is 9.59 Å². The number of amides is 2. The molecule has 3 aromatic rings. The van der Waals surface area contributed by atoms with Crippen LogP contribution in [-0.4, -0.2) is 52.8 Å². The lowest BCUT2D eigenvalue weighted by Gasteiger charge is -2.24. The van der Waals surface area contributed by atoms with Crippen molar-refractivity contribution in [2.24, 2.45) is 5.10 Å². The average molecular weight is 460 g/mol. The van der Waals surface area contributed by atoms with Crippen LogP contribution in [0.3, 0.4) is 0 Å². The maximum absolute atomic E-state index is 13.2. The Morgan fingerprint density at radius 3 is 2.76 bits per heavy atom. The first-order chi connectivity index (χ1) is 16.6. The van der Waals surface area contributed by atoms with Gasteiger partial charge in [0.25, 0.3) is 11.8 Å². The number of hydrazone groups is 1. The number of carbonyl (C=O) groups is 2. The van der Waals surface area contributed by atoms with E-state index in [1.54, 1.807) is 31.4 Å². The minimum atomic E-state index is -0.380. The fourth-order valence-corrected chi connectivity index (χ4v) is 3.61. The average Bonchev–Trinajstić information content (AvgIpc) is 2.89. The van der Waals surface area contributed by atoms with Crippen molar-refractivity contribution >= 4 is 23.2 Å². The molecule has 1 aromatic heterocycles. The molecule has 9 nitrogen and oxygen atoms in total. The fraction of sp³-hybridized carbons (Fsp3) is 0.240. The zero-order chi connectivity index (χ0) is 23.9. The van der Waals surface area contributed by atoms with E-state index in [9.17, 15) is 9.59 Å². The third-order valence-electron chi connectivity index (χ3n) is 5.24. The van der Waals surface area contributed by atoms with E-state index in [1.165, 1.54) is 23.6 Å². The lowest BCUT2D eigenvalue weighted by atomic mass is 10.0. The molecular formula is C25H25N5O4.